The summed E-state index contributed by atoms with van der Waals surface area (Å²) in [7, 11) is 0. The molecule has 0 amide bonds. The molecule has 1 N–H and O–H groups in total. The van der Waals surface area contributed by atoms with E-state index in [0.29, 0.717) is 21.9 Å². The predicted octanol–water partition coefficient (Wildman–Crippen LogP) is 7.88. The first kappa shape index (κ1) is 19.4. The summed E-state index contributed by atoms with van der Waals surface area (Å²) in [6, 6.07) is 20.9. The van der Waals surface area contributed by atoms with Crippen LogP contribution in [0, 0.1) is 12.8 Å². The molecule has 0 saturated carbocycles. The SMILES string of the molecule is Cc1ccc2c(c1)[C@@H]1C=CC[C@@H]1[C@H](c1ccc(N=Cc3c(Cl)cccc3Cl)cc1)N2. The van der Waals surface area contributed by atoms with Gasteiger partial charge in [0.1, 0.15) is 0 Å². The molecular weight excluding hydrogens is 411 g/mol. The number of nitrogens with one attached hydrogen (secondary N) is 1. The summed E-state index contributed by atoms with van der Waals surface area (Å²) in [6.45, 7) is 2.16. The smallest absolute Gasteiger partial charge is 0.0630 e. The van der Waals surface area contributed by atoms with E-state index in [1.54, 1.807) is 6.21 Å². The zero-order valence-corrected chi connectivity index (χ0v) is 18.2. The molecule has 3 aromatic rings. The van der Waals surface area contributed by atoms with Crippen molar-refractivity contribution in [2.75, 3.05) is 5.32 Å². The maximum Gasteiger partial charge on any atom is 0.0630 e. The Labute approximate surface area is 187 Å². The molecule has 0 fully saturated rings. The van der Waals surface area contributed by atoms with Crippen LogP contribution in [0.2, 0.25) is 10.0 Å². The Balaban J connectivity index is 1.41. The Morgan fingerprint density at radius 2 is 1.77 bits per heavy atom. The molecule has 5 rings (SSSR count). The second-order valence-corrected chi connectivity index (χ2v) is 8.87. The van der Waals surface area contributed by atoms with Crippen molar-refractivity contribution in [2.24, 2.45) is 10.9 Å². The van der Waals surface area contributed by atoms with Crippen molar-refractivity contribution in [1.29, 1.82) is 0 Å². The number of anilines is 1. The lowest BCUT2D eigenvalue weighted by molar-refractivity contribution is 0.425. The minimum Gasteiger partial charge on any atom is -0.378 e. The minimum atomic E-state index is 0.288. The van der Waals surface area contributed by atoms with E-state index in [2.05, 4.69) is 71.8 Å². The monoisotopic (exact) mass is 432 g/mol. The first-order valence-electron chi connectivity index (χ1n) is 10.2. The lowest BCUT2D eigenvalue weighted by Crippen LogP contribution is -2.29. The number of benzene rings is 3. The maximum absolute atomic E-state index is 6.24. The number of halogens is 2. The molecule has 1 aliphatic heterocycles. The fourth-order valence-corrected chi connectivity index (χ4v) is 5.08. The predicted molar refractivity (Wildman–Crippen MR) is 128 cm³/mol. The molecule has 0 aromatic heterocycles. The fourth-order valence-electron chi connectivity index (χ4n) is 4.58. The summed E-state index contributed by atoms with van der Waals surface area (Å²) in [5.74, 6) is 1.02. The van der Waals surface area contributed by atoms with E-state index in [9.17, 15) is 0 Å². The van der Waals surface area contributed by atoms with E-state index >= 15 is 0 Å². The molecule has 0 saturated heterocycles. The molecule has 0 unspecified atom stereocenters. The minimum absolute atomic E-state index is 0.288. The van der Waals surface area contributed by atoms with Crippen molar-refractivity contribution in [3.05, 3.63) is 105 Å². The molecule has 1 aliphatic carbocycles. The molecule has 2 aliphatic rings. The van der Waals surface area contributed by atoms with Gasteiger partial charge >= 0.3 is 0 Å². The van der Waals surface area contributed by atoms with Gasteiger partial charge in [-0.1, -0.05) is 71.2 Å². The van der Waals surface area contributed by atoms with E-state index in [4.69, 9.17) is 23.2 Å². The van der Waals surface area contributed by atoms with E-state index in [1.165, 1.54) is 22.4 Å². The third-order valence-corrected chi connectivity index (χ3v) is 6.77. The van der Waals surface area contributed by atoms with Crippen LogP contribution in [0.15, 0.2) is 77.8 Å². The van der Waals surface area contributed by atoms with Crippen molar-refractivity contribution in [3.63, 3.8) is 0 Å². The van der Waals surface area contributed by atoms with Gasteiger partial charge in [-0.3, -0.25) is 4.99 Å². The Morgan fingerprint density at radius 3 is 2.53 bits per heavy atom. The van der Waals surface area contributed by atoms with Crippen LogP contribution in [0.25, 0.3) is 0 Å². The van der Waals surface area contributed by atoms with Gasteiger partial charge in [-0.2, -0.15) is 0 Å². The normalized spacial score (nSPS) is 22.0. The van der Waals surface area contributed by atoms with Gasteiger partial charge in [-0.25, -0.2) is 0 Å². The van der Waals surface area contributed by atoms with Gasteiger partial charge in [0, 0.05) is 23.4 Å². The molecule has 0 radical (unpaired) electrons. The molecule has 3 aromatic carbocycles. The third-order valence-electron chi connectivity index (χ3n) is 6.11. The van der Waals surface area contributed by atoms with E-state index in [1.807, 2.05) is 18.2 Å². The summed E-state index contributed by atoms with van der Waals surface area (Å²) in [6.07, 6.45) is 7.53. The number of allylic oxidation sites excluding steroid dienone is 2. The average Bonchev–Trinajstić information content (AvgIpc) is 3.24. The van der Waals surface area contributed by atoms with Gasteiger partial charge in [-0.05, 0) is 60.7 Å². The maximum atomic E-state index is 6.24. The van der Waals surface area contributed by atoms with Gasteiger partial charge in [-0.15, -0.1) is 0 Å². The number of hydrogen-bond donors (Lipinski definition) is 1. The zero-order valence-electron chi connectivity index (χ0n) is 16.6. The standard InChI is InChI=1S/C26H22Cl2N2/c1-16-8-13-25-21(14-16)19-4-2-5-20(19)26(30-25)17-9-11-18(12-10-17)29-15-22-23(27)6-3-7-24(22)28/h2-4,6-15,19-20,26,30H,5H2,1H3/t19-,20+,26+/m1/s1. The number of aliphatic imine (C=N–C) groups is 1. The first-order chi connectivity index (χ1) is 14.6. The van der Waals surface area contributed by atoms with Crippen molar-refractivity contribution in [1.82, 2.24) is 0 Å². The Morgan fingerprint density at radius 1 is 1.00 bits per heavy atom. The number of rotatable bonds is 3. The molecular formula is C26H22Cl2N2. The molecule has 0 spiro atoms. The number of hydrogen-bond acceptors (Lipinski definition) is 2. The summed E-state index contributed by atoms with van der Waals surface area (Å²) >= 11 is 12.5. The van der Waals surface area contributed by atoms with Gasteiger partial charge in [0.15, 0.2) is 0 Å². The molecule has 4 heteroatoms. The number of nitrogens with zero attached hydrogens (tertiary/aromatic N) is 1. The second kappa shape index (κ2) is 7.94. The zero-order chi connectivity index (χ0) is 20.7. The quantitative estimate of drug-likeness (QED) is 0.330. The molecule has 3 atom stereocenters. The summed E-state index contributed by atoms with van der Waals surface area (Å²) in [5.41, 5.74) is 6.88. The van der Waals surface area contributed by atoms with Gasteiger partial charge in [0.2, 0.25) is 0 Å². The second-order valence-electron chi connectivity index (χ2n) is 8.05. The third kappa shape index (κ3) is 3.55. The Bertz CT molecular complexity index is 1130. The molecule has 30 heavy (non-hydrogen) atoms. The Hall–Kier alpha value is -2.55. The van der Waals surface area contributed by atoms with Crippen LogP contribution >= 0.6 is 23.2 Å². The van der Waals surface area contributed by atoms with E-state index in [-0.39, 0.29) is 6.04 Å². The van der Waals surface area contributed by atoms with Crippen LogP contribution in [0.4, 0.5) is 11.4 Å². The van der Waals surface area contributed by atoms with Crippen LogP contribution in [0.1, 0.15) is 40.6 Å². The van der Waals surface area contributed by atoms with E-state index in [0.717, 1.165) is 17.7 Å². The largest absolute Gasteiger partial charge is 0.378 e. The van der Waals surface area contributed by atoms with Crippen molar-refractivity contribution >= 4 is 40.8 Å². The molecule has 1 heterocycles. The fraction of sp³-hybridized carbons (Fsp3) is 0.192. The number of fused-ring (bicyclic) bond motifs is 3. The lowest BCUT2D eigenvalue weighted by Gasteiger charge is -2.37. The van der Waals surface area contributed by atoms with Gasteiger partial charge in [0.05, 0.1) is 21.8 Å². The van der Waals surface area contributed by atoms with Crippen LogP contribution in [0.3, 0.4) is 0 Å². The van der Waals surface area contributed by atoms with Gasteiger partial charge in [0.25, 0.3) is 0 Å². The highest BCUT2D eigenvalue weighted by molar-refractivity contribution is 6.38. The van der Waals surface area contributed by atoms with Crippen molar-refractivity contribution < 1.29 is 0 Å². The van der Waals surface area contributed by atoms with Crippen molar-refractivity contribution in [2.45, 2.75) is 25.3 Å². The van der Waals surface area contributed by atoms with Crippen LogP contribution in [-0.2, 0) is 0 Å². The summed E-state index contributed by atoms with van der Waals surface area (Å²) in [4.78, 5) is 4.57. The van der Waals surface area contributed by atoms with E-state index < -0.39 is 0 Å². The van der Waals surface area contributed by atoms with Crippen LogP contribution < -0.4 is 5.32 Å². The number of aryl methyl sites for hydroxylation is 1. The molecule has 0 bridgehead atoms. The first-order valence-corrected chi connectivity index (χ1v) is 11.0. The van der Waals surface area contributed by atoms with Crippen LogP contribution in [-0.4, -0.2) is 6.21 Å². The molecule has 150 valence electrons. The highest BCUT2D eigenvalue weighted by Crippen LogP contribution is 2.50. The highest BCUT2D eigenvalue weighted by Gasteiger charge is 2.37. The van der Waals surface area contributed by atoms with Crippen molar-refractivity contribution in [3.8, 4) is 0 Å². The van der Waals surface area contributed by atoms with Gasteiger partial charge < -0.3 is 5.32 Å². The topological polar surface area (TPSA) is 24.4 Å². The molecule has 2 nitrogen and oxygen atoms in total. The van der Waals surface area contributed by atoms with Crippen LogP contribution in [0.5, 0.6) is 0 Å². The highest BCUT2D eigenvalue weighted by atomic mass is 35.5. The summed E-state index contributed by atoms with van der Waals surface area (Å²) < 4.78 is 0. The average molecular weight is 433 g/mol. The Kier molecular flexibility index (Phi) is 5.14. The summed E-state index contributed by atoms with van der Waals surface area (Å²) in [5, 5.41) is 4.99. The lowest BCUT2D eigenvalue weighted by atomic mass is 9.76.